The van der Waals surface area contributed by atoms with Crippen LogP contribution < -0.4 is 5.32 Å². The van der Waals surface area contributed by atoms with Crippen molar-refractivity contribution in [1.82, 2.24) is 19.3 Å². The molecule has 11 heteroatoms. The highest BCUT2D eigenvalue weighted by Crippen LogP contribution is 2.33. The van der Waals surface area contributed by atoms with E-state index < -0.39 is 15.8 Å². The minimum atomic E-state index is -3.87. The summed E-state index contributed by atoms with van der Waals surface area (Å²) in [4.78, 5) is 0. The van der Waals surface area contributed by atoms with Crippen LogP contribution in [0.25, 0.3) is 0 Å². The van der Waals surface area contributed by atoms with Crippen molar-refractivity contribution >= 4 is 27.3 Å². The molecule has 1 aliphatic heterocycles. The molecule has 2 aromatic carbocycles. The maximum Gasteiger partial charge on any atom is 0.264 e. The molecule has 158 valence electrons. The maximum atomic E-state index is 13.5. The highest BCUT2D eigenvalue weighted by atomic mass is 35.5. The first-order valence-electron chi connectivity index (χ1n) is 9.07. The molecule has 0 bridgehead atoms. The normalized spacial score (nSPS) is 19.9. The maximum absolute atomic E-state index is 13.5. The molecule has 0 aliphatic carbocycles. The van der Waals surface area contributed by atoms with Crippen LogP contribution in [0.4, 0.5) is 14.5 Å². The summed E-state index contributed by atoms with van der Waals surface area (Å²) >= 11 is 5.87. The third-order valence-corrected chi connectivity index (χ3v) is 7.03. The van der Waals surface area contributed by atoms with Gasteiger partial charge in [-0.25, -0.2) is 17.2 Å². The van der Waals surface area contributed by atoms with Gasteiger partial charge in [-0.2, -0.15) is 4.31 Å². The molecule has 0 radical (unpaired) electrons. The molecule has 1 fully saturated rings. The summed E-state index contributed by atoms with van der Waals surface area (Å²) in [5.41, 5.74) is 1.33. The van der Waals surface area contributed by atoms with Crippen molar-refractivity contribution in [3.63, 3.8) is 0 Å². The minimum absolute atomic E-state index is 0.0413. The van der Waals surface area contributed by atoms with Crippen molar-refractivity contribution in [2.45, 2.75) is 17.0 Å². The summed E-state index contributed by atoms with van der Waals surface area (Å²) in [6, 6.07) is 9.78. The van der Waals surface area contributed by atoms with Crippen LogP contribution in [0.1, 0.15) is 11.5 Å². The van der Waals surface area contributed by atoms with Crippen molar-refractivity contribution < 1.29 is 17.2 Å². The van der Waals surface area contributed by atoms with Gasteiger partial charge in [0.2, 0.25) is 5.03 Å². The lowest BCUT2D eigenvalue weighted by Crippen LogP contribution is -2.32. The van der Waals surface area contributed by atoms with Crippen LogP contribution >= 0.6 is 11.6 Å². The Bertz CT molecular complexity index is 1170. The van der Waals surface area contributed by atoms with Gasteiger partial charge in [0, 0.05) is 37.8 Å². The van der Waals surface area contributed by atoms with E-state index in [1.54, 1.807) is 19.2 Å². The number of rotatable bonds is 5. The van der Waals surface area contributed by atoms with Crippen LogP contribution in [-0.2, 0) is 17.1 Å². The third-order valence-electron chi connectivity index (χ3n) is 5.04. The molecule has 0 spiro atoms. The Kier molecular flexibility index (Phi) is 5.48. The van der Waals surface area contributed by atoms with E-state index in [0.717, 1.165) is 5.56 Å². The first-order chi connectivity index (χ1) is 14.2. The predicted octanol–water partition coefficient (Wildman–Crippen LogP) is 3.02. The second kappa shape index (κ2) is 7.93. The quantitative estimate of drug-likeness (QED) is 0.642. The van der Waals surface area contributed by atoms with Crippen molar-refractivity contribution in [2.24, 2.45) is 7.05 Å². The number of nitrogens with one attached hydrogen (secondary N) is 1. The Balaban J connectivity index is 1.66. The van der Waals surface area contributed by atoms with Crippen molar-refractivity contribution in [3.05, 3.63) is 70.9 Å². The van der Waals surface area contributed by atoms with Gasteiger partial charge >= 0.3 is 0 Å². The van der Waals surface area contributed by atoms with Gasteiger partial charge < -0.3 is 5.32 Å². The average molecular weight is 454 g/mol. The fourth-order valence-corrected chi connectivity index (χ4v) is 5.12. The van der Waals surface area contributed by atoms with Crippen molar-refractivity contribution in [3.8, 4) is 0 Å². The van der Waals surface area contributed by atoms with E-state index in [4.69, 9.17) is 11.6 Å². The molecule has 1 aliphatic rings. The average Bonchev–Trinajstić information content (AvgIpc) is 3.33. The van der Waals surface area contributed by atoms with Gasteiger partial charge in [-0.15, -0.1) is 5.10 Å². The molecule has 30 heavy (non-hydrogen) atoms. The zero-order valence-corrected chi connectivity index (χ0v) is 17.4. The van der Waals surface area contributed by atoms with Crippen LogP contribution in [0.15, 0.2) is 53.7 Å². The SMILES string of the molecule is Cn1cc(S(=O)(=O)N2CC(Nc3ccc(F)c(Cl)c3)C(c3ccc(F)cc3)C2)nn1. The summed E-state index contributed by atoms with van der Waals surface area (Å²) in [5.74, 6) is -1.20. The lowest BCUT2D eigenvalue weighted by molar-refractivity contribution is 0.468. The standard InChI is InChI=1S/C19H18ClF2N5O2S/c1-26-11-19(24-25-26)30(28,29)27-9-15(12-2-4-13(21)5-3-12)18(10-27)23-14-6-7-17(22)16(20)8-14/h2-8,11,15,18,23H,9-10H2,1H3. The number of aromatic nitrogens is 3. The molecule has 1 aromatic heterocycles. The Morgan fingerprint density at radius 2 is 1.87 bits per heavy atom. The molecule has 0 amide bonds. The second-order valence-corrected chi connectivity index (χ2v) is 9.38. The fourth-order valence-electron chi connectivity index (χ4n) is 3.53. The first-order valence-corrected chi connectivity index (χ1v) is 10.9. The van der Waals surface area contributed by atoms with E-state index in [2.05, 4.69) is 15.6 Å². The van der Waals surface area contributed by atoms with Gasteiger partial charge in [-0.1, -0.05) is 28.9 Å². The molecule has 0 saturated carbocycles. The van der Waals surface area contributed by atoms with Gasteiger partial charge in [-0.3, -0.25) is 4.68 Å². The van der Waals surface area contributed by atoms with E-state index in [0.29, 0.717) is 5.69 Å². The van der Waals surface area contributed by atoms with Crippen molar-refractivity contribution in [2.75, 3.05) is 18.4 Å². The summed E-state index contributed by atoms with van der Waals surface area (Å²) in [5, 5.41) is 10.5. The third kappa shape index (κ3) is 4.03. The van der Waals surface area contributed by atoms with Gasteiger partial charge in [0.15, 0.2) is 0 Å². The number of anilines is 1. The molecule has 2 heterocycles. The molecule has 4 rings (SSSR count). The van der Waals surface area contributed by atoms with E-state index in [-0.39, 0.29) is 40.9 Å². The topological polar surface area (TPSA) is 80.1 Å². The number of sulfonamides is 1. The van der Waals surface area contributed by atoms with E-state index >= 15 is 0 Å². The zero-order valence-electron chi connectivity index (χ0n) is 15.8. The summed E-state index contributed by atoms with van der Waals surface area (Å²) in [6.45, 7) is 0.299. The highest BCUT2D eigenvalue weighted by molar-refractivity contribution is 7.89. The van der Waals surface area contributed by atoms with Gasteiger partial charge in [-0.05, 0) is 35.9 Å². The lowest BCUT2D eigenvalue weighted by Gasteiger charge is -2.21. The fraction of sp³-hybridized carbons (Fsp3) is 0.263. The molecule has 2 atom stereocenters. The molecule has 2 unspecified atom stereocenters. The second-order valence-electron chi connectivity index (χ2n) is 7.09. The summed E-state index contributed by atoms with van der Waals surface area (Å²) in [6.07, 6.45) is 1.34. The van der Waals surface area contributed by atoms with Crippen LogP contribution in [-0.4, -0.2) is 46.8 Å². The summed E-state index contributed by atoms with van der Waals surface area (Å²) in [7, 11) is -2.28. The Morgan fingerprint density at radius 3 is 2.50 bits per heavy atom. The van der Waals surface area contributed by atoms with E-state index in [9.17, 15) is 17.2 Å². The van der Waals surface area contributed by atoms with Gasteiger partial charge in [0.1, 0.15) is 11.6 Å². The number of aryl methyl sites for hydroxylation is 1. The van der Waals surface area contributed by atoms with E-state index in [1.807, 2.05) is 0 Å². The Labute approximate surface area is 177 Å². The highest BCUT2D eigenvalue weighted by Gasteiger charge is 2.41. The largest absolute Gasteiger partial charge is 0.380 e. The number of halogens is 3. The molecular formula is C19H18ClF2N5O2S. The molecule has 7 nitrogen and oxygen atoms in total. The number of hydrogen-bond acceptors (Lipinski definition) is 5. The van der Waals surface area contributed by atoms with Gasteiger partial charge in [0.05, 0.1) is 11.2 Å². The van der Waals surface area contributed by atoms with Crippen molar-refractivity contribution in [1.29, 1.82) is 0 Å². The van der Waals surface area contributed by atoms with Crippen LogP contribution in [0.2, 0.25) is 5.02 Å². The number of nitrogens with zero attached hydrogens (tertiary/aromatic N) is 4. The monoisotopic (exact) mass is 453 g/mol. The van der Waals surface area contributed by atoms with Crippen LogP contribution in [0.5, 0.6) is 0 Å². The molecule has 3 aromatic rings. The molecule has 1 N–H and O–H groups in total. The van der Waals surface area contributed by atoms with Crippen LogP contribution in [0.3, 0.4) is 0 Å². The number of hydrogen-bond donors (Lipinski definition) is 1. The smallest absolute Gasteiger partial charge is 0.264 e. The Morgan fingerprint density at radius 1 is 1.13 bits per heavy atom. The predicted molar refractivity (Wildman–Crippen MR) is 108 cm³/mol. The minimum Gasteiger partial charge on any atom is -0.380 e. The first kappa shape index (κ1) is 20.7. The summed E-state index contributed by atoms with van der Waals surface area (Å²) < 4.78 is 55.6. The van der Waals surface area contributed by atoms with Crippen LogP contribution in [0, 0.1) is 11.6 Å². The molecule has 1 saturated heterocycles. The lowest BCUT2D eigenvalue weighted by atomic mass is 9.94. The zero-order chi connectivity index (χ0) is 21.5. The Hall–Kier alpha value is -2.56. The van der Waals surface area contributed by atoms with Gasteiger partial charge in [0.25, 0.3) is 10.0 Å². The number of benzene rings is 2. The molecular weight excluding hydrogens is 436 g/mol. The van der Waals surface area contributed by atoms with E-state index in [1.165, 1.54) is 45.5 Å².